The maximum Gasteiger partial charge on any atom is 0.238 e. The lowest BCUT2D eigenvalue weighted by Crippen LogP contribution is -2.38. The van der Waals surface area contributed by atoms with Gasteiger partial charge in [-0.3, -0.25) is 14.7 Å². The molecule has 25 heavy (non-hydrogen) atoms. The van der Waals surface area contributed by atoms with E-state index in [2.05, 4.69) is 31.1 Å². The van der Waals surface area contributed by atoms with Gasteiger partial charge in [-0.1, -0.05) is 28.4 Å². The molecular weight excluding hydrogens is 382 g/mol. The molecule has 3 heterocycles. The SMILES string of the molecule is O=C1NC(c2cc(Br)ccc2OCc2ccccn2)N2CCCCC12. The summed E-state index contributed by atoms with van der Waals surface area (Å²) in [5.74, 6) is 0.908. The lowest BCUT2D eigenvalue weighted by atomic mass is 10.0. The van der Waals surface area contributed by atoms with E-state index in [9.17, 15) is 4.79 Å². The average Bonchev–Trinajstić information content (AvgIpc) is 2.98. The Morgan fingerprint density at radius 2 is 2.20 bits per heavy atom. The Labute approximate surface area is 155 Å². The number of nitrogens with one attached hydrogen (secondary N) is 1. The number of hydrogen-bond donors (Lipinski definition) is 1. The van der Waals surface area contributed by atoms with Gasteiger partial charge in [0.15, 0.2) is 0 Å². The molecule has 5 nitrogen and oxygen atoms in total. The molecule has 1 N–H and O–H groups in total. The smallest absolute Gasteiger partial charge is 0.238 e. The van der Waals surface area contributed by atoms with E-state index in [0.717, 1.165) is 47.3 Å². The van der Waals surface area contributed by atoms with Crippen molar-refractivity contribution in [2.24, 2.45) is 0 Å². The van der Waals surface area contributed by atoms with E-state index in [1.165, 1.54) is 0 Å². The Balaban J connectivity index is 1.60. The first-order chi connectivity index (χ1) is 12.2. The number of piperidine rings is 1. The van der Waals surface area contributed by atoms with Crippen LogP contribution >= 0.6 is 15.9 Å². The Morgan fingerprint density at radius 1 is 1.28 bits per heavy atom. The van der Waals surface area contributed by atoms with Gasteiger partial charge in [-0.15, -0.1) is 0 Å². The number of rotatable bonds is 4. The van der Waals surface area contributed by atoms with Gasteiger partial charge in [-0.05, 0) is 43.2 Å². The van der Waals surface area contributed by atoms with Crippen molar-refractivity contribution < 1.29 is 9.53 Å². The van der Waals surface area contributed by atoms with Gasteiger partial charge < -0.3 is 10.1 Å². The standard InChI is InChI=1S/C19H20BrN3O2/c20-13-7-8-17(25-12-14-5-1-3-9-21-14)15(11-13)18-22-19(24)16-6-2-4-10-23(16)18/h1,3,5,7-9,11,16,18H,2,4,6,10,12H2,(H,22,24). The lowest BCUT2D eigenvalue weighted by Gasteiger charge is -2.32. The predicted molar refractivity (Wildman–Crippen MR) is 97.9 cm³/mol. The number of nitrogens with zero attached hydrogens (tertiary/aromatic N) is 2. The fourth-order valence-electron chi connectivity index (χ4n) is 3.61. The number of hydrogen-bond acceptors (Lipinski definition) is 4. The summed E-state index contributed by atoms with van der Waals surface area (Å²) in [6.07, 6.45) is 4.80. The molecule has 2 atom stereocenters. The normalized spacial score (nSPS) is 23.2. The van der Waals surface area contributed by atoms with Crippen LogP contribution in [0, 0.1) is 0 Å². The second-order valence-electron chi connectivity index (χ2n) is 6.45. The van der Waals surface area contributed by atoms with Crippen molar-refractivity contribution in [3.05, 3.63) is 58.3 Å². The zero-order valence-electron chi connectivity index (χ0n) is 13.8. The molecule has 2 unspecified atom stereocenters. The Hall–Kier alpha value is -1.92. The molecule has 0 bridgehead atoms. The van der Waals surface area contributed by atoms with Crippen molar-refractivity contribution in [1.82, 2.24) is 15.2 Å². The minimum absolute atomic E-state index is 0.0126. The molecule has 2 aromatic rings. The molecule has 2 fully saturated rings. The van der Waals surface area contributed by atoms with E-state index < -0.39 is 0 Å². The molecule has 6 heteroatoms. The number of halogens is 1. The number of aromatic nitrogens is 1. The van der Waals surface area contributed by atoms with Crippen LogP contribution < -0.4 is 10.1 Å². The van der Waals surface area contributed by atoms with E-state index in [4.69, 9.17) is 4.74 Å². The van der Waals surface area contributed by atoms with Gasteiger partial charge in [-0.2, -0.15) is 0 Å². The number of pyridine rings is 1. The summed E-state index contributed by atoms with van der Waals surface area (Å²) in [5.41, 5.74) is 1.87. The molecule has 0 spiro atoms. The van der Waals surface area contributed by atoms with E-state index in [1.807, 2.05) is 36.4 Å². The van der Waals surface area contributed by atoms with Crippen LogP contribution in [0.1, 0.15) is 36.7 Å². The molecular formula is C19H20BrN3O2. The zero-order valence-corrected chi connectivity index (χ0v) is 15.4. The summed E-state index contributed by atoms with van der Waals surface area (Å²) in [5, 5.41) is 3.15. The number of benzene rings is 1. The first-order valence-electron chi connectivity index (χ1n) is 8.60. The van der Waals surface area contributed by atoms with Crippen LogP contribution in [-0.2, 0) is 11.4 Å². The molecule has 0 aliphatic carbocycles. The molecule has 2 aliphatic heterocycles. The van der Waals surface area contributed by atoms with Crippen LogP contribution in [0.15, 0.2) is 47.1 Å². The molecule has 2 aliphatic rings. The first-order valence-corrected chi connectivity index (χ1v) is 9.40. The van der Waals surface area contributed by atoms with Crippen molar-refractivity contribution in [1.29, 1.82) is 0 Å². The highest BCUT2D eigenvalue weighted by Crippen LogP contribution is 2.37. The van der Waals surface area contributed by atoms with Crippen molar-refractivity contribution in [3.63, 3.8) is 0 Å². The third-order valence-corrected chi connectivity index (χ3v) is 5.32. The van der Waals surface area contributed by atoms with Gasteiger partial charge in [0.2, 0.25) is 5.91 Å². The molecule has 1 amide bonds. The Bertz CT molecular complexity index is 769. The van der Waals surface area contributed by atoms with Crippen LogP contribution in [0.3, 0.4) is 0 Å². The summed E-state index contributed by atoms with van der Waals surface area (Å²) < 4.78 is 7.02. The lowest BCUT2D eigenvalue weighted by molar-refractivity contribution is -0.122. The molecule has 4 rings (SSSR count). The second kappa shape index (κ2) is 7.14. The van der Waals surface area contributed by atoms with Gasteiger partial charge in [0.25, 0.3) is 0 Å². The van der Waals surface area contributed by atoms with Crippen LogP contribution in [0.5, 0.6) is 5.75 Å². The van der Waals surface area contributed by atoms with Crippen LogP contribution in [0.2, 0.25) is 0 Å². The highest BCUT2D eigenvalue weighted by Gasteiger charge is 2.42. The molecule has 130 valence electrons. The minimum atomic E-state index is -0.131. The van der Waals surface area contributed by atoms with Gasteiger partial charge in [0.1, 0.15) is 18.5 Å². The monoisotopic (exact) mass is 401 g/mol. The van der Waals surface area contributed by atoms with Gasteiger partial charge >= 0.3 is 0 Å². The highest BCUT2D eigenvalue weighted by molar-refractivity contribution is 9.10. The van der Waals surface area contributed by atoms with E-state index in [0.29, 0.717) is 6.61 Å². The van der Waals surface area contributed by atoms with Crippen molar-refractivity contribution >= 4 is 21.8 Å². The third kappa shape index (κ3) is 3.41. The van der Waals surface area contributed by atoms with E-state index in [1.54, 1.807) is 6.20 Å². The van der Waals surface area contributed by atoms with Crippen molar-refractivity contribution in [3.8, 4) is 5.75 Å². The molecule has 1 aromatic carbocycles. The van der Waals surface area contributed by atoms with Crippen molar-refractivity contribution in [2.45, 2.75) is 38.1 Å². The van der Waals surface area contributed by atoms with Crippen LogP contribution in [-0.4, -0.2) is 28.4 Å². The molecule has 1 aromatic heterocycles. The van der Waals surface area contributed by atoms with Gasteiger partial charge in [0, 0.05) is 22.8 Å². The highest BCUT2D eigenvalue weighted by atomic mass is 79.9. The van der Waals surface area contributed by atoms with Crippen molar-refractivity contribution in [2.75, 3.05) is 6.54 Å². The summed E-state index contributed by atoms with van der Waals surface area (Å²) in [7, 11) is 0. The van der Waals surface area contributed by atoms with Crippen LogP contribution in [0.25, 0.3) is 0 Å². The number of amides is 1. The Kier molecular flexibility index (Phi) is 4.72. The quantitative estimate of drug-likeness (QED) is 0.852. The summed E-state index contributed by atoms with van der Waals surface area (Å²) in [6, 6.07) is 11.7. The first kappa shape index (κ1) is 16.5. The largest absolute Gasteiger partial charge is 0.487 e. The number of fused-ring (bicyclic) bond motifs is 1. The Morgan fingerprint density at radius 3 is 3.04 bits per heavy atom. The van der Waals surface area contributed by atoms with E-state index in [-0.39, 0.29) is 18.1 Å². The average molecular weight is 402 g/mol. The van der Waals surface area contributed by atoms with Gasteiger partial charge in [-0.25, -0.2) is 0 Å². The fraction of sp³-hybridized carbons (Fsp3) is 0.368. The zero-order chi connectivity index (χ0) is 17.2. The summed E-state index contributed by atoms with van der Waals surface area (Å²) in [6.45, 7) is 1.33. The summed E-state index contributed by atoms with van der Waals surface area (Å²) in [4.78, 5) is 18.9. The predicted octanol–water partition coefficient (Wildman–Crippen LogP) is 3.41. The number of carbonyl (C=O) groups excluding carboxylic acids is 1. The maximum atomic E-state index is 12.4. The molecule has 0 radical (unpaired) electrons. The van der Waals surface area contributed by atoms with E-state index >= 15 is 0 Å². The number of carbonyl (C=O) groups is 1. The topological polar surface area (TPSA) is 54.5 Å². The maximum absolute atomic E-state index is 12.4. The molecule has 2 saturated heterocycles. The third-order valence-electron chi connectivity index (χ3n) is 4.83. The second-order valence-corrected chi connectivity index (χ2v) is 7.37. The molecule has 0 saturated carbocycles. The van der Waals surface area contributed by atoms with Gasteiger partial charge in [0.05, 0.1) is 11.7 Å². The fourth-order valence-corrected chi connectivity index (χ4v) is 3.99. The summed E-state index contributed by atoms with van der Waals surface area (Å²) >= 11 is 3.54. The van der Waals surface area contributed by atoms with Crippen LogP contribution in [0.4, 0.5) is 0 Å². The minimum Gasteiger partial charge on any atom is -0.487 e. The number of ether oxygens (including phenoxy) is 1.